The number of ether oxygens (including phenoxy) is 1. The van der Waals surface area contributed by atoms with Gasteiger partial charge in [0, 0.05) is 33.2 Å². The first-order valence-electron chi connectivity index (χ1n) is 6.14. The van der Waals surface area contributed by atoms with Crippen LogP contribution in [0.15, 0.2) is 0 Å². The van der Waals surface area contributed by atoms with Crippen molar-refractivity contribution in [2.24, 2.45) is 0 Å². The van der Waals surface area contributed by atoms with Crippen LogP contribution < -0.4 is 0 Å². The van der Waals surface area contributed by atoms with Gasteiger partial charge in [-0.3, -0.25) is 4.90 Å². The molecule has 2 aliphatic rings. The van der Waals surface area contributed by atoms with E-state index in [0.29, 0.717) is 26.3 Å². The van der Waals surface area contributed by atoms with Crippen LogP contribution in [-0.2, 0) is 9.53 Å². The number of amides is 2. The van der Waals surface area contributed by atoms with Gasteiger partial charge in [0.2, 0.25) is 0 Å². The molecule has 0 spiro atoms. The Bertz CT molecular complexity index is 330. The van der Waals surface area contributed by atoms with Crippen molar-refractivity contribution in [1.29, 1.82) is 0 Å². The van der Waals surface area contributed by atoms with Crippen LogP contribution in [-0.4, -0.2) is 90.8 Å². The summed E-state index contributed by atoms with van der Waals surface area (Å²) >= 11 is 0. The van der Waals surface area contributed by atoms with E-state index in [-0.39, 0.29) is 12.6 Å². The predicted octanol–water partition coefficient (Wildman–Crippen LogP) is -0.861. The first-order valence-corrected chi connectivity index (χ1v) is 6.14. The number of carbonyl (C=O) groups is 2. The molecule has 102 valence electrons. The minimum Gasteiger partial charge on any atom is -0.480 e. The molecule has 2 amide bonds. The number of hydrogen-bond donors (Lipinski definition) is 1. The quantitative estimate of drug-likeness (QED) is 0.709. The summed E-state index contributed by atoms with van der Waals surface area (Å²) in [6.45, 7) is 4.52. The molecule has 1 atom stereocenters. The van der Waals surface area contributed by atoms with Gasteiger partial charge in [-0.25, -0.2) is 9.59 Å². The van der Waals surface area contributed by atoms with Crippen LogP contribution in [0.4, 0.5) is 4.79 Å². The van der Waals surface area contributed by atoms with Gasteiger partial charge in [0.1, 0.15) is 6.04 Å². The third kappa shape index (κ3) is 2.73. The molecule has 0 saturated carbocycles. The second-order valence-corrected chi connectivity index (χ2v) is 4.66. The molecular weight excluding hydrogens is 238 g/mol. The van der Waals surface area contributed by atoms with E-state index in [9.17, 15) is 9.59 Å². The molecule has 0 aromatic carbocycles. The molecule has 0 aromatic heterocycles. The molecule has 18 heavy (non-hydrogen) atoms. The molecule has 2 saturated heterocycles. The topological polar surface area (TPSA) is 73.3 Å². The number of likely N-dealkylation sites (N-methyl/N-ethyl adjacent to an activating group) is 1. The van der Waals surface area contributed by atoms with Crippen molar-refractivity contribution in [1.82, 2.24) is 14.7 Å². The van der Waals surface area contributed by atoms with Crippen molar-refractivity contribution in [2.75, 3.05) is 53.0 Å². The van der Waals surface area contributed by atoms with E-state index < -0.39 is 12.0 Å². The SMILES string of the molecule is CN1CC(C(=O)O)N(CCN2CCOCC2)C1=O. The Morgan fingerprint density at radius 1 is 1.39 bits per heavy atom. The Morgan fingerprint density at radius 2 is 2.06 bits per heavy atom. The fourth-order valence-corrected chi connectivity index (χ4v) is 2.33. The number of aliphatic carboxylic acids is 1. The van der Waals surface area contributed by atoms with Crippen LogP contribution in [0.5, 0.6) is 0 Å². The van der Waals surface area contributed by atoms with Crippen LogP contribution >= 0.6 is 0 Å². The number of hydrogen-bond acceptors (Lipinski definition) is 4. The largest absolute Gasteiger partial charge is 0.480 e. The lowest BCUT2D eigenvalue weighted by Gasteiger charge is -2.29. The predicted molar refractivity (Wildman–Crippen MR) is 63.4 cm³/mol. The Kier molecular flexibility index (Phi) is 4.03. The number of carbonyl (C=O) groups excluding carboxylic acids is 1. The van der Waals surface area contributed by atoms with Gasteiger partial charge in [0.15, 0.2) is 0 Å². The van der Waals surface area contributed by atoms with Gasteiger partial charge in [-0.05, 0) is 0 Å². The maximum Gasteiger partial charge on any atom is 0.328 e. The second-order valence-electron chi connectivity index (χ2n) is 4.66. The number of carboxylic acids is 1. The molecule has 0 radical (unpaired) electrons. The van der Waals surface area contributed by atoms with Crippen molar-refractivity contribution in [3.63, 3.8) is 0 Å². The van der Waals surface area contributed by atoms with E-state index in [2.05, 4.69) is 4.90 Å². The van der Waals surface area contributed by atoms with Gasteiger partial charge in [-0.1, -0.05) is 0 Å². The van der Waals surface area contributed by atoms with Gasteiger partial charge < -0.3 is 19.6 Å². The zero-order valence-electron chi connectivity index (χ0n) is 10.5. The average molecular weight is 257 g/mol. The van der Waals surface area contributed by atoms with Crippen LogP contribution in [0.25, 0.3) is 0 Å². The Labute approximate surface area is 106 Å². The third-order valence-electron chi connectivity index (χ3n) is 3.44. The van der Waals surface area contributed by atoms with Crippen LogP contribution in [0.3, 0.4) is 0 Å². The van der Waals surface area contributed by atoms with Crippen molar-refractivity contribution < 1.29 is 19.4 Å². The highest BCUT2D eigenvalue weighted by Gasteiger charge is 2.39. The Hall–Kier alpha value is -1.34. The summed E-state index contributed by atoms with van der Waals surface area (Å²) in [5, 5.41) is 9.10. The summed E-state index contributed by atoms with van der Waals surface area (Å²) in [6, 6.07) is -0.917. The van der Waals surface area contributed by atoms with Gasteiger partial charge in [-0.2, -0.15) is 0 Å². The highest BCUT2D eigenvalue weighted by atomic mass is 16.5. The molecule has 2 rings (SSSR count). The van der Waals surface area contributed by atoms with E-state index in [1.54, 1.807) is 7.05 Å². The normalized spacial score (nSPS) is 25.8. The van der Waals surface area contributed by atoms with Crippen molar-refractivity contribution in [3.8, 4) is 0 Å². The minimum absolute atomic E-state index is 0.198. The van der Waals surface area contributed by atoms with E-state index in [0.717, 1.165) is 13.1 Å². The molecule has 0 aliphatic carbocycles. The van der Waals surface area contributed by atoms with E-state index in [1.165, 1.54) is 9.80 Å². The lowest BCUT2D eigenvalue weighted by molar-refractivity contribution is -0.141. The summed E-state index contributed by atoms with van der Waals surface area (Å²) in [6.07, 6.45) is 0. The van der Waals surface area contributed by atoms with Crippen LogP contribution in [0.1, 0.15) is 0 Å². The van der Waals surface area contributed by atoms with Crippen molar-refractivity contribution in [2.45, 2.75) is 6.04 Å². The van der Waals surface area contributed by atoms with Crippen molar-refractivity contribution in [3.05, 3.63) is 0 Å². The van der Waals surface area contributed by atoms with Gasteiger partial charge in [0.05, 0.1) is 19.8 Å². The molecule has 7 nitrogen and oxygen atoms in total. The fraction of sp³-hybridized carbons (Fsp3) is 0.818. The van der Waals surface area contributed by atoms with E-state index in [4.69, 9.17) is 9.84 Å². The van der Waals surface area contributed by atoms with E-state index >= 15 is 0 Å². The van der Waals surface area contributed by atoms with Gasteiger partial charge >= 0.3 is 12.0 Å². The lowest BCUT2D eigenvalue weighted by atomic mass is 10.3. The zero-order valence-corrected chi connectivity index (χ0v) is 10.5. The molecular formula is C11H19N3O4. The molecule has 2 heterocycles. The second kappa shape index (κ2) is 5.53. The number of rotatable bonds is 4. The Morgan fingerprint density at radius 3 is 2.67 bits per heavy atom. The molecule has 1 N–H and O–H groups in total. The monoisotopic (exact) mass is 257 g/mol. The number of urea groups is 1. The number of carboxylic acid groups (broad SMARTS) is 1. The number of nitrogens with zero attached hydrogens (tertiary/aromatic N) is 3. The summed E-state index contributed by atoms with van der Waals surface area (Å²) in [7, 11) is 1.63. The first kappa shape index (κ1) is 13.1. The van der Waals surface area contributed by atoms with Crippen molar-refractivity contribution >= 4 is 12.0 Å². The van der Waals surface area contributed by atoms with Crippen LogP contribution in [0, 0.1) is 0 Å². The van der Waals surface area contributed by atoms with Crippen LogP contribution in [0.2, 0.25) is 0 Å². The molecule has 2 aliphatic heterocycles. The molecule has 0 aromatic rings. The molecule has 7 heteroatoms. The molecule has 1 unspecified atom stereocenters. The van der Waals surface area contributed by atoms with Gasteiger partial charge in [0.25, 0.3) is 0 Å². The average Bonchev–Trinajstić information content (AvgIpc) is 2.65. The highest BCUT2D eigenvalue weighted by Crippen LogP contribution is 2.14. The standard InChI is InChI=1S/C11H19N3O4/c1-12-8-9(10(15)16)14(11(12)17)3-2-13-4-6-18-7-5-13/h9H,2-8H2,1H3,(H,15,16). The summed E-state index contributed by atoms with van der Waals surface area (Å²) in [5.74, 6) is -0.935. The maximum absolute atomic E-state index is 11.8. The summed E-state index contributed by atoms with van der Waals surface area (Å²) in [5.41, 5.74) is 0. The smallest absolute Gasteiger partial charge is 0.328 e. The van der Waals surface area contributed by atoms with Gasteiger partial charge in [-0.15, -0.1) is 0 Å². The zero-order chi connectivity index (χ0) is 13.1. The Balaban J connectivity index is 1.89. The number of morpholine rings is 1. The highest BCUT2D eigenvalue weighted by molar-refractivity contribution is 5.86. The molecule has 2 fully saturated rings. The first-order chi connectivity index (χ1) is 8.59. The minimum atomic E-state index is -0.935. The maximum atomic E-state index is 11.8. The lowest BCUT2D eigenvalue weighted by Crippen LogP contribution is -2.46. The summed E-state index contributed by atoms with van der Waals surface area (Å²) < 4.78 is 5.24. The van der Waals surface area contributed by atoms with E-state index in [1.807, 2.05) is 0 Å². The summed E-state index contributed by atoms with van der Waals surface area (Å²) in [4.78, 5) is 28.0. The molecule has 0 bridgehead atoms. The third-order valence-corrected chi connectivity index (χ3v) is 3.44. The fourth-order valence-electron chi connectivity index (χ4n) is 2.33.